The smallest absolute Gasteiger partial charge is 0.0500 e. The summed E-state index contributed by atoms with van der Waals surface area (Å²) in [7, 11) is 0. The van der Waals surface area contributed by atoms with E-state index in [1.807, 2.05) is 12.1 Å². The van der Waals surface area contributed by atoms with Crippen LogP contribution in [0.25, 0.3) is 0 Å². The van der Waals surface area contributed by atoms with Crippen molar-refractivity contribution in [3.63, 3.8) is 0 Å². The Labute approximate surface area is 177 Å². The Morgan fingerprint density at radius 2 is 1.74 bits per heavy atom. The molecule has 1 atom stereocenters. The molecule has 148 valence electrons. The Morgan fingerprint density at radius 1 is 1.11 bits per heavy atom. The van der Waals surface area contributed by atoms with Gasteiger partial charge in [0.05, 0.1) is 0 Å². The molecule has 1 aliphatic heterocycles. The van der Waals surface area contributed by atoms with Crippen LogP contribution in [0.4, 0.5) is 0 Å². The fraction of sp³-hybridized carbons (Fsp3) is 0.429. The molecule has 0 radical (unpaired) electrons. The van der Waals surface area contributed by atoms with Crippen LogP contribution in [0.3, 0.4) is 0 Å². The van der Waals surface area contributed by atoms with Gasteiger partial charge in [0.1, 0.15) is 0 Å². The van der Waals surface area contributed by atoms with Crippen molar-refractivity contribution in [3.8, 4) is 0 Å². The zero-order chi connectivity index (χ0) is 18.6. The molecule has 1 aliphatic rings. The lowest BCUT2D eigenvalue weighted by Gasteiger charge is -2.44. The van der Waals surface area contributed by atoms with E-state index in [1.54, 1.807) is 11.8 Å². The standard InChI is InChI=1S/C21H27ClN2OS.ClH/c1-21(2,15-25)20(24-13-11-23-12-14-24)18-5-3-4-6-19(18)26-17-9-7-16(22)8-10-17;/h3-10,20,23,25H,11-15H2,1-2H3;1H/t20-;/m0./s1. The summed E-state index contributed by atoms with van der Waals surface area (Å²) < 4.78 is 0. The minimum Gasteiger partial charge on any atom is -0.396 e. The molecule has 0 saturated carbocycles. The summed E-state index contributed by atoms with van der Waals surface area (Å²) in [6.07, 6.45) is 0. The fourth-order valence-corrected chi connectivity index (χ4v) is 4.66. The maximum Gasteiger partial charge on any atom is 0.0500 e. The topological polar surface area (TPSA) is 35.5 Å². The number of aliphatic hydroxyl groups excluding tert-OH is 1. The Morgan fingerprint density at radius 3 is 2.37 bits per heavy atom. The zero-order valence-electron chi connectivity index (χ0n) is 15.8. The lowest BCUT2D eigenvalue weighted by Crippen LogP contribution is -2.49. The number of hydrogen-bond donors (Lipinski definition) is 2. The number of benzene rings is 2. The minimum atomic E-state index is -0.228. The third kappa shape index (κ3) is 5.63. The molecule has 0 aromatic heterocycles. The van der Waals surface area contributed by atoms with Gasteiger partial charge in [0.25, 0.3) is 0 Å². The van der Waals surface area contributed by atoms with Gasteiger partial charge in [-0.3, -0.25) is 4.90 Å². The molecule has 0 spiro atoms. The third-order valence-corrected chi connectivity index (χ3v) is 6.27. The van der Waals surface area contributed by atoms with E-state index in [-0.39, 0.29) is 30.5 Å². The molecule has 3 nitrogen and oxygen atoms in total. The van der Waals surface area contributed by atoms with Crippen molar-refractivity contribution >= 4 is 35.8 Å². The molecule has 1 saturated heterocycles. The quantitative estimate of drug-likeness (QED) is 0.689. The highest BCUT2D eigenvalue weighted by Gasteiger charge is 2.36. The second-order valence-electron chi connectivity index (χ2n) is 7.43. The molecule has 0 unspecified atom stereocenters. The van der Waals surface area contributed by atoms with Gasteiger partial charge in [-0.25, -0.2) is 0 Å². The van der Waals surface area contributed by atoms with Crippen LogP contribution in [-0.2, 0) is 0 Å². The van der Waals surface area contributed by atoms with Crippen LogP contribution >= 0.6 is 35.8 Å². The molecular weight excluding hydrogens is 399 g/mol. The van der Waals surface area contributed by atoms with E-state index in [0.717, 1.165) is 31.2 Å². The summed E-state index contributed by atoms with van der Waals surface area (Å²) in [6.45, 7) is 8.44. The molecule has 2 N–H and O–H groups in total. The fourth-order valence-electron chi connectivity index (χ4n) is 3.57. The van der Waals surface area contributed by atoms with Crippen molar-refractivity contribution < 1.29 is 5.11 Å². The van der Waals surface area contributed by atoms with Crippen molar-refractivity contribution in [2.75, 3.05) is 32.8 Å². The predicted octanol–water partition coefficient (Wildman–Crippen LogP) is 4.88. The highest BCUT2D eigenvalue weighted by Crippen LogP contribution is 2.43. The summed E-state index contributed by atoms with van der Waals surface area (Å²) in [4.78, 5) is 4.91. The zero-order valence-corrected chi connectivity index (χ0v) is 18.2. The maximum atomic E-state index is 10.1. The molecule has 6 heteroatoms. The van der Waals surface area contributed by atoms with Gasteiger partial charge in [0.2, 0.25) is 0 Å². The minimum absolute atomic E-state index is 0. The molecule has 3 rings (SSSR count). The summed E-state index contributed by atoms with van der Waals surface area (Å²) >= 11 is 7.79. The summed E-state index contributed by atoms with van der Waals surface area (Å²) in [6, 6.07) is 16.7. The molecule has 0 bridgehead atoms. The number of halogens is 2. The maximum absolute atomic E-state index is 10.1. The Hall–Kier alpha value is -0.750. The van der Waals surface area contributed by atoms with Crippen LogP contribution < -0.4 is 5.32 Å². The second kappa shape index (κ2) is 10.1. The molecule has 0 aliphatic carbocycles. The molecule has 1 fully saturated rings. The van der Waals surface area contributed by atoms with E-state index < -0.39 is 0 Å². The molecule has 1 heterocycles. The molecule has 2 aromatic rings. The average molecular weight is 427 g/mol. The van der Waals surface area contributed by atoms with Crippen molar-refractivity contribution in [2.24, 2.45) is 5.41 Å². The van der Waals surface area contributed by atoms with Gasteiger partial charge >= 0.3 is 0 Å². The molecule has 0 amide bonds. The first-order chi connectivity index (χ1) is 12.5. The highest BCUT2D eigenvalue weighted by molar-refractivity contribution is 7.99. The number of nitrogens with one attached hydrogen (secondary N) is 1. The van der Waals surface area contributed by atoms with Gasteiger partial charge in [0, 0.05) is 59.1 Å². The van der Waals surface area contributed by atoms with Gasteiger partial charge < -0.3 is 10.4 Å². The average Bonchev–Trinajstić information content (AvgIpc) is 2.66. The van der Waals surface area contributed by atoms with Crippen LogP contribution in [0, 0.1) is 5.41 Å². The van der Waals surface area contributed by atoms with E-state index in [0.29, 0.717) is 0 Å². The first-order valence-electron chi connectivity index (χ1n) is 9.09. The van der Waals surface area contributed by atoms with Gasteiger partial charge in [-0.15, -0.1) is 12.4 Å². The number of aliphatic hydroxyl groups is 1. The van der Waals surface area contributed by atoms with E-state index in [1.165, 1.54) is 15.4 Å². The van der Waals surface area contributed by atoms with Crippen LogP contribution in [-0.4, -0.2) is 42.8 Å². The van der Waals surface area contributed by atoms with E-state index in [9.17, 15) is 5.11 Å². The highest BCUT2D eigenvalue weighted by atomic mass is 35.5. The van der Waals surface area contributed by atoms with Crippen molar-refractivity contribution in [1.29, 1.82) is 0 Å². The van der Waals surface area contributed by atoms with Crippen LogP contribution in [0.2, 0.25) is 5.02 Å². The van der Waals surface area contributed by atoms with Crippen molar-refractivity contribution in [3.05, 3.63) is 59.1 Å². The Balaban J connectivity index is 0.00000261. The van der Waals surface area contributed by atoms with Gasteiger partial charge in [-0.2, -0.15) is 0 Å². The number of rotatable bonds is 6. The summed E-state index contributed by atoms with van der Waals surface area (Å²) in [5.74, 6) is 0. The molecular formula is C21H28Cl2N2OS. The molecule has 27 heavy (non-hydrogen) atoms. The van der Waals surface area contributed by atoms with Crippen molar-refractivity contribution in [2.45, 2.75) is 29.7 Å². The predicted molar refractivity (Wildman–Crippen MR) is 117 cm³/mol. The van der Waals surface area contributed by atoms with Gasteiger partial charge in [-0.1, -0.05) is 55.4 Å². The number of nitrogens with zero attached hydrogens (tertiary/aromatic N) is 1. The van der Waals surface area contributed by atoms with E-state index in [4.69, 9.17) is 11.6 Å². The van der Waals surface area contributed by atoms with Crippen LogP contribution in [0.1, 0.15) is 25.5 Å². The number of hydrogen-bond acceptors (Lipinski definition) is 4. The van der Waals surface area contributed by atoms with Gasteiger partial charge in [-0.05, 0) is 35.9 Å². The monoisotopic (exact) mass is 426 g/mol. The lowest BCUT2D eigenvalue weighted by atomic mass is 9.79. The van der Waals surface area contributed by atoms with Crippen molar-refractivity contribution in [1.82, 2.24) is 10.2 Å². The second-order valence-corrected chi connectivity index (χ2v) is 8.98. The lowest BCUT2D eigenvalue weighted by molar-refractivity contribution is 0.0291. The Kier molecular flexibility index (Phi) is 8.47. The third-order valence-electron chi connectivity index (χ3n) is 4.92. The first-order valence-corrected chi connectivity index (χ1v) is 10.3. The summed E-state index contributed by atoms with van der Waals surface area (Å²) in [5, 5.41) is 14.3. The summed E-state index contributed by atoms with van der Waals surface area (Å²) in [5.41, 5.74) is 1.06. The SMILES string of the molecule is CC(C)(CO)[C@H](c1ccccc1Sc1ccc(Cl)cc1)N1CCNCC1.Cl. The normalized spacial score (nSPS) is 16.6. The van der Waals surface area contributed by atoms with Crippen LogP contribution in [0.5, 0.6) is 0 Å². The molecule has 2 aromatic carbocycles. The van der Waals surface area contributed by atoms with Crippen LogP contribution in [0.15, 0.2) is 58.3 Å². The number of piperazine rings is 1. The largest absolute Gasteiger partial charge is 0.396 e. The Bertz CT molecular complexity index is 718. The first kappa shape index (κ1) is 22.5. The van der Waals surface area contributed by atoms with E-state index >= 15 is 0 Å². The van der Waals surface area contributed by atoms with Gasteiger partial charge in [0.15, 0.2) is 0 Å². The van der Waals surface area contributed by atoms with E-state index in [2.05, 4.69) is 60.5 Å².